The van der Waals surface area contributed by atoms with Crippen molar-refractivity contribution in [2.75, 3.05) is 0 Å². The number of hydrazine groups is 1. The van der Waals surface area contributed by atoms with Crippen molar-refractivity contribution < 1.29 is 8.78 Å². The molecule has 80 valence electrons. The summed E-state index contributed by atoms with van der Waals surface area (Å²) < 4.78 is 25.7. The molecular weight excluding hydrogens is 221 g/mol. The molecule has 0 amide bonds. The Bertz CT molecular complexity index is 185. The van der Waals surface area contributed by atoms with Crippen molar-refractivity contribution in [3.8, 4) is 0 Å². The molecule has 3 rings (SSSR count). The van der Waals surface area contributed by atoms with E-state index in [0.29, 0.717) is 19.3 Å². The van der Waals surface area contributed by atoms with Crippen molar-refractivity contribution in [1.82, 2.24) is 5.43 Å². The van der Waals surface area contributed by atoms with Gasteiger partial charge in [-0.3, -0.25) is 11.3 Å². The predicted octanol–water partition coefficient (Wildman–Crippen LogP) is 1.87. The highest BCUT2D eigenvalue weighted by atomic mass is 35.5. The summed E-state index contributed by atoms with van der Waals surface area (Å²) in [6.45, 7) is 1.01. The van der Waals surface area contributed by atoms with Crippen LogP contribution in [-0.2, 0) is 0 Å². The maximum Gasteiger partial charge on any atom is 0.251 e. The average molecular weight is 235 g/mol. The minimum atomic E-state index is -2.52. The summed E-state index contributed by atoms with van der Waals surface area (Å²) in [6, 6.07) is 0. The van der Waals surface area contributed by atoms with Crippen LogP contribution < -0.4 is 11.3 Å². The number of halogens is 4. The third-order valence-electron chi connectivity index (χ3n) is 3.27. The second kappa shape index (κ2) is 3.19. The zero-order chi connectivity index (χ0) is 8.33. The van der Waals surface area contributed by atoms with E-state index in [4.69, 9.17) is 5.84 Å². The number of nitrogens with one attached hydrogen (secondary N) is 1. The summed E-state index contributed by atoms with van der Waals surface area (Å²) in [5.41, 5.74) is 1.77. The minimum Gasteiger partial charge on any atom is -0.271 e. The lowest BCUT2D eigenvalue weighted by Crippen LogP contribution is -2.79. The molecule has 3 fully saturated rings. The van der Waals surface area contributed by atoms with Gasteiger partial charge in [-0.05, 0) is 26.2 Å². The van der Waals surface area contributed by atoms with E-state index < -0.39 is 11.3 Å². The molecule has 0 aliphatic heterocycles. The monoisotopic (exact) mass is 234 g/mol. The standard InChI is InChI=1S/C7H12F2N2.2ClH/c1-5(8,9)6-2-7(3-6,4-6)11-10;;/h11H,2-4,10H2,1H3;2*1H. The molecule has 3 saturated carbocycles. The van der Waals surface area contributed by atoms with Crippen LogP contribution in [0.4, 0.5) is 8.78 Å². The maximum absolute atomic E-state index is 12.8. The van der Waals surface area contributed by atoms with Gasteiger partial charge in [0.05, 0.1) is 0 Å². The highest BCUT2D eigenvalue weighted by molar-refractivity contribution is 5.85. The summed E-state index contributed by atoms with van der Waals surface area (Å²) >= 11 is 0. The Morgan fingerprint density at radius 1 is 1.23 bits per heavy atom. The van der Waals surface area contributed by atoms with Gasteiger partial charge < -0.3 is 0 Å². The van der Waals surface area contributed by atoms with Crippen LogP contribution in [0.5, 0.6) is 0 Å². The number of hydrogen-bond donors (Lipinski definition) is 2. The largest absolute Gasteiger partial charge is 0.271 e. The Hall–Kier alpha value is 0.360. The van der Waals surface area contributed by atoms with Gasteiger partial charge in [-0.25, -0.2) is 8.78 Å². The van der Waals surface area contributed by atoms with E-state index in [1.807, 2.05) is 0 Å². The summed E-state index contributed by atoms with van der Waals surface area (Å²) in [4.78, 5) is 0. The normalized spacial score (nSPS) is 40.6. The van der Waals surface area contributed by atoms with Gasteiger partial charge in [-0.1, -0.05) is 0 Å². The number of rotatable bonds is 2. The topological polar surface area (TPSA) is 38.0 Å². The highest BCUT2D eigenvalue weighted by Gasteiger charge is 2.75. The first-order valence-electron chi connectivity index (χ1n) is 3.79. The molecule has 0 heterocycles. The van der Waals surface area contributed by atoms with Gasteiger partial charge in [0.2, 0.25) is 0 Å². The molecule has 0 atom stereocenters. The molecule has 2 nitrogen and oxygen atoms in total. The van der Waals surface area contributed by atoms with Crippen LogP contribution >= 0.6 is 24.8 Å². The summed E-state index contributed by atoms with van der Waals surface area (Å²) in [5.74, 6) is 2.69. The smallest absolute Gasteiger partial charge is 0.251 e. The van der Waals surface area contributed by atoms with Crippen LogP contribution in [0.25, 0.3) is 0 Å². The van der Waals surface area contributed by atoms with E-state index in [0.717, 1.165) is 6.92 Å². The summed E-state index contributed by atoms with van der Waals surface area (Å²) in [7, 11) is 0. The maximum atomic E-state index is 12.8. The van der Waals surface area contributed by atoms with E-state index in [-0.39, 0.29) is 30.4 Å². The molecule has 0 aromatic heterocycles. The van der Waals surface area contributed by atoms with E-state index in [1.54, 1.807) is 0 Å². The Labute approximate surface area is 88.4 Å². The van der Waals surface area contributed by atoms with Gasteiger partial charge in [0.25, 0.3) is 5.92 Å². The van der Waals surface area contributed by atoms with Crippen molar-refractivity contribution in [3.63, 3.8) is 0 Å². The van der Waals surface area contributed by atoms with Crippen LogP contribution in [0.15, 0.2) is 0 Å². The highest BCUT2D eigenvalue weighted by Crippen LogP contribution is 2.72. The van der Waals surface area contributed by atoms with E-state index in [1.165, 1.54) is 0 Å². The van der Waals surface area contributed by atoms with Crippen molar-refractivity contribution in [2.45, 2.75) is 37.6 Å². The molecule has 3 aliphatic carbocycles. The second-order valence-electron chi connectivity index (χ2n) is 4.12. The molecule has 13 heavy (non-hydrogen) atoms. The zero-order valence-electron chi connectivity index (χ0n) is 7.27. The van der Waals surface area contributed by atoms with Crippen LogP contribution in [-0.4, -0.2) is 11.5 Å². The quantitative estimate of drug-likeness (QED) is 0.566. The van der Waals surface area contributed by atoms with Gasteiger partial charge >= 0.3 is 0 Å². The molecule has 3 aliphatic rings. The van der Waals surface area contributed by atoms with Crippen LogP contribution in [0.2, 0.25) is 0 Å². The molecule has 6 heteroatoms. The summed E-state index contributed by atoms with van der Waals surface area (Å²) in [5, 5.41) is 0. The lowest BCUT2D eigenvalue weighted by Gasteiger charge is -2.71. The van der Waals surface area contributed by atoms with Gasteiger partial charge in [0, 0.05) is 11.0 Å². The number of hydrogen-bond acceptors (Lipinski definition) is 2. The Balaban J connectivity index is 0.000000720. The first-order chi connectivity index (χ1) is 4.93. The van der Waals surface area contributed by atoms with Crippen molar-refractivity contribution in [2.24, 2.45) is 11.3 Å². The molecule has 0 aromatic carbocycles. The average Bonchev–Trinajstić information content (AvgIpc) is 1.53. The van der Waals surface area contributed by atoms with Crippen LogP contribution in [0.1, 0.15) is 26.2 Å². The first kappa shape index (κ1) is 13.4. The Kier molecular flexibility index (Phi) is 3.28. The summed E-state index contributed by atoms with van der Waals surface area (Å²) in [6.07, 6.45) is 1.63. The first-order valence-corrected chi connectivity index (χ1v) is 3.79. The number of nitrogens with two attached hydrogens (primary N) is 1. The van der Waals surface area contributed by atoms with Gasteiger partial charge in [0.15, 0.2) is 0 Å². The lowest BCUT2D eigenvalue weighted by atomic mass is 9.37. The van der Waals surface area contributed by atoms with Crippen LogP contribution in [0, 0.1) is 5.41 Å². The molecule has 0 unspecified atom stereocenters. The van der Waals surface area contributed by atoms with E-state index >= 15 is 0 Å². The Morgan fingerprint density at radius 2 is 1.62 bits per heavy atom. The molecule has 0 radical (unpaired) electrons. The van der Waals surface area contributed by atoms with E-state index in [9.17, 15) is 8.78 Å². The molecule has 2 bridgehead atoms. The molecule has 3 N–H and O–H groups in total. The second-order valence-corrected chi connectivity index (χ2v) is 4.12. The van der Waals surface area contributed by atoms with Crippen molar-refractivity contribution in [3.05, 3.63) is 0 Å². The lowest BCUT2D eigenvalue weighted by molar-refractivity contribution is -0.277. The fourth-order valence-corrected chi connectivity index (χ4v) is 2.41. The van der Waals surface area contributed by atoms with Gasteiger partial charge in [-0.15, -0.1) is 24.8 Å². The van der Waals surface area contributed by atoms with Crippen LogP contribution in [0.3, 0.4) is 0 Å². The molecular formula is C7H14Cl2F2N2. The zero-order valence-corrected chi connectivity index (χ0v) is 8.90. The fourth-order valence-electron chi connectivity index (χ4n) is 2.41. The van der Waals surface area contributed by atoms with Crippen molar-refractivity contribution >= 4 is 24.8 Å². The Morgan fingerprint density at radius 3 is 1.85 bits per heavy atom. The SMILES string of the molecule is CC(F)(F)C12CC(NN)(C1)C2.Cl.Cl. The molecule has 0 saturated heterocycles. The van der Waals surface area contributed by atoms with Gasteiger partial charge in [-0.2, -0.15) is 0 Å². The van der Waals surface area contributed by atoms with Gasteiger partial charge in [0.1, 0.15) is 0 Å². The number of alkyl halides is 2. The third-order valence-corrected chi connectivity index (χ3v) is 3.27. The predicted molar refractivity (Wildman–Crippen MR) is 51.5 cm³/mol. The molecule has 0 spiro atoms. The van der Waals surface area contributed by atoms with E-state index in [2.05, 4.69) is 5.43 Å². The third kappa shape index (κ3) is 1.44. The fraction of sp³-hybridized carbons (Fsp3) is 1.00. The van der Waals surface area contributed by atoms with Crippen molar-refractivity contribution in [1.29, 1.82) is 0 Å². The minimum absolute atomic E-state index is 0. The molecule has 0 aromatic rings.